The van der Waals surface area contributed by atoms with Gasteiger partial charge in [0.05, 0.1) is 0 Å². The number of benzene rings is 1. The molecule has 0 spiro atoms. The monoisotopic (exact) mass is 388 g/mol. The van der Waals surface area contributed by atoms with Gasteiger partial charge in [-0.05, 0) is 40.0 Å². The van der Waals surface area contributed by atoms with E-state index in [0.29, 0.717) is 18.1 Å². The lowest BCUT2D eigenvalue weighted by Gasteiger charge is -2.35. The highest BCUT2D eigenvalue weighted by Crippen LogP contribution is 2.27. The first kappa shape index (κ1) is 19.3. The van der Waals surface area contributed by atoms with Crippen LogP contribution in [0.3, 0.4) is 0 Å². The molecule has 7 nitrogen and oxygen atoms in total. The van der Waals surface area contributed by atoms with Crippen molar-refractivity contribution >= 4 is 28.5 Å². The number of ether oxygens (including phenoxy) is 1. The maximum atomic E-state index is 12.8. The summed E-state index contributed by atoms with van der Waals surface area (Å²) in [6.45, 7) is 5.96. The van der Waals surface area contributed by atoms with Crippen LogP contribution in [0.2, 0.25) is 0 Å². The van der Waals surface area contributed by atoms with E-state index in [0.717, 1.165) is 23.4 Å². The lowest BCUT2D eigenvalue weighted by Crippen LogP contribution is -2.51. The van der Waals surface area contributed by atoms with Gasteiger partial charge in [-0.1, -0.05) is 41.7 Å². The molecule has 1 atom stereocenters. The molecular formula is C19H24N4O3S. The van der Waals surface area contributed by atoms with Crippen LogP contribution in [0.25, 0.3) is 10.6 Å². The summed E-state index contributed by atoms with van der Waals surface area (Å²) >= 11 is 1.31. The van der Waals surface area contributed by atoms with E-state index in [2.05, 4.69) is 15.5 Å². The Kier molecular flexibility index (Phi) is 5.74. The molecule has 1 fully saturated rings. The fourth-order valence-corrected chi connectivity index (χ4v) is 3.66. The number of carbonyl (C=O) groups excluding carboxylic acids is 2. The Bertz CT molecular complexity index is 801. The highest BCUT2D eigenvalue weighted by Gasteiger charge is 2.35. The van der Waals surface area contributed by atoms with E-state index in [1.165, 1.54) is 16.2 Å². The lowest BCUT2D eigenvalue weighted by atomic mass is 10.0. The molecule has 1 aliphatic rings. The normalized spacial score (nSPS) is 17.4. The van der Waals surface area contributed by atoms with Gasteiger partial charge in [0.1, 0.15) is 16.7 Å². The van der Waals surface area contributed by atoms with E-state index >= 15 is 0 Å². The van der Waals surface area contributed by atoms with E-state index < -0.39 is 17.7 Å². The largest absolute Gasteiger partial charge is 0.444 e. The number of nitrogens with zero attached hydrogens (tertiary/aromatic N) is 3. The zero-order chi connectivity index (χ0) is 19.4. The van der Waals surface area contributed by atoms with Crippen molar-refractivity contribution in [3.05, 3.63) is 30.3 Å². The molecule has 1 N–H and O–H groups in total. The standard InChI is InChI=1S/C19H24N4O3S/c1-19(2,3)26-18(25)23-12-8-7-11-14(23)15(24)20-17-22-21-16(27-17)13-9-5-4-6-10-13/h4-6,9-10,14H,7-8,11-12H2,1-3H3,(H,20,22,24)/t14-/m0/s1. The second-order valence-corrected chi connectivity index (χ2v) is 8.43. The van der Waals surface area contributed by atoms with Crippen LogP contribution in [-0.4, -0.2) is 45.3 Å². The number of aromatic nitrogens is 2. The Morgan fingerprint density at radius 2 is 1.93 bits per heavy atom. The van der Waals surface area contributed by atoms with Crippen LogP contribution in [0.4, 0.5) is 9.93 Å². The molecule has 2 amide bonds. The molecule has 0 radical (unpaired) electrons. The number of anilines is 1. The molecule has 1 aromatic heterocycles. The van der Waals surface area contributed by atoms with Crippen LogP contribution >= 0.6 is 11.3 Å². The average molecular weight is 388 g/mol. The summed E-state index contributed by atoms with van der Waals surface area (Å²) in [5.41, 5.74) is 0.350. The Hall–Kier alpha value is -2.48. The lowest BCUT2D eigenvalue weighted by molar-refractivity contribution is -0.122. The van der Waals surface area contributed by atoms with Gasteiger partial charge in [0.25, 0.3) is 0 Å². The average Bonchev–Trinajstić information content (AvgIpc) is 3.09. The fourth-order valence-electron chi connectivity index (χ4n) is 2.90. The molecule has 8 heteroatoms. The molecule has 144 valence electrons. The van der Waals surface area contributed by atoms with Gasteiger partial charge in [0, 0.05) is 12.1 Å². The predicted octanol–water partition coefficient (Wildman–Crippen LogP) is 3.93. The number of likely N-dealkylation sites (tertiary alicyclic amines) is 1. The van der Waals surface area contributed by atoms with Crippen molar-refractivity contribution in [2.24, 2.45) is 0 Å². The summed E-state index contributed by atoms with van der Waals surface area (Å²) in [5, 5.41) is 12.2. The van der Waals surface area contributed by atoms with Gasteiger partial charge < -0.3 is 4.74 Å². The number of amides is 2. The van der Waals surface area contributed by atoms with Gasteiger partial charge in [0.15, 0.2) is 0 Å². The van der Waals surface area contributed by atoms with E-state index in [9.17, 15) is 9.59 Å². The highest BCUT2D eigenvalue weighted by molar-refractivity contribution is 7.18. The molecule has 0 saturated carbocycles. The van der Waals surface area contributed by atoms with Crippen LogP contribution < -0.4 is 5.32 Å². The molecule has 1 aromatic carbocycles. The van der Waals surface area contributed by atoms with Crippen molar-refractivity contribution in [1.29, 1.82) is 0 Å². The molecule has 0 bridgehead atoms. The second kappa shape index (κ2) is 8.04. The maximum Gasteiger partial charge on any atom is 0.410 e. The van der Waals surface area contributed by atoms with Crippen molar-refractivity contribution in [2.75, 3.05) is 11.9 Å². The van der Waals surface area contributed by atoms with E-state index in [-0.39, 0.29) is 5.91 Å². The van der Waals surface area contributed by atoms with Crippen molar-refractivity contribution in [2.45, 2.75) is 51.7 Å². The molecule has 0 aliphatic carbocycles. The van der Waals surface area contributed by atoms with E-state index in [1.807, 2.05) is 51.1 Å². The number of piperidine rings is 1. The Balaban J connectivity index is 1.69. The summed E-state index contributed by atoms with van der Waals surface area (Å²) in [5.74, 6) is -0.253. The molecule has 0 unspecified atom stereocenters. The van der Waals surface area contributed by atoms with Crippen molar-refractivity contribution < 1.29 is 14.3 Å². The van der Waals surface area contributed by atoms with Crippen LogP contribution in [0.15, 0.2) is 30.3 Å². The number of hydrogen-bond donors (Lipinski definition) is 1. The smallest absolute Gasteiger partial charge is 0.410 e. The summed E-state index contributed by atoms with van der Waals surface area (Å²) < 4.78 is 5.45. The van der Waals surface area contributed by atoms with Gasteiger partial charge in [-0.15, -0.1) is 10.2 Å². The Morgan fingerprint density at radius 1 is 1.19 bits per heavy atom. The fraction of sp³-hybridized carbons (Fsp3) is 0.474. The SMILES string of the molecule is CC(C)(C)OC(=O)N1CCCC[C@H]1C(=O)Nc1nnc(-c2ccccc2)s1. The number of hydrogen-bond acceptors (Lipinski definition) is 6. The minimum absolute atomic E-state index is 0.253. The van der Waals surface area contributed by atoms with Crippen molar-refractivity contribution in [1.82, 2.24) is 15.1 Å². The van der Waals surface area contributed by atoms with Gasteiger partial charge in [-0.3, -0.25) is 15.0 Å². The third-order valence-electron chi connectivity index (χ3n) is 4.11. The molecule has 1 aliphatic heterocycles. The first-order valence-corrected chi connectivity index (χ1v) is 9.84. The third-order valence-corrected chi connectivity index (χ3v) is 5.00. The molecule has 3 rings (SSSR count). The molecule has 2 aromatic rings. The molecular weight excluding hydrogens is 364 g/mol. The van der Waals surface area contributed by atoms with Gasteiger partial charge in [0.2, 0.25) is 11.0 Å². The van der Waals surface area contributed by atoms with E-state index in [4.69, 9.17) is 4.74 Å². The quantitative estimate of drug-likeness (QED) is 0.861. The first-order chi connectivity index (χ1) is 12.8. The molecule has 2 heterocycles. The first-order valence-electron chi connectivity index (χ1n) is 9.03. The molecule has 27 heavy (non-hydrogen) atoms. The predicted molar refractivity (Wildman–Crippen MR) is 105 cm³/mol. The minimum atomic E-state index is -0.598. The van der Waals surface area contributed by atoms with Crippen LogP contribution in [-0.2, 0) is 9.53 Å². The summed E-state index contributed by atoms with van der Waals surface area (Å²) in [6.07, 6.45) is 1.91. The zero-order valence-corrected chi connectivity index (χ0v) is 16.6. The van der Waals surface area contributed by atoms with Gasteiger partial charge in [-0.25, -0.2) is 4.79 Å². The zero-order valence-electron chi connectivity index (χ0n) is 15.8. The summed E-state index contributed by atoms with van der Waals surface area (Å²) in [6, 6.07) is 9.11. The number of carbonyl (C=O) groups is 2. The Morgan fingerprint density at radius 3 is 2.63 bits per heavy atom. The summed E-state index contributed by atoms with van der Waals surface area (Å²) in [7, 11) is 0. The summed E-state index contributed by atoms with van der Waals surface area (Å²) in [4.78, 5) is 26.8. The van der Waals surface area contributed by atoms with Gasteiger partial charge >= 0.3 is 6.09 Å². The highest BCUT2D eigenvalue weighted by atomic mass is 32.1. The Labute approximate surface area is 162 Å². The topological polar surface area (TPSA) is 84.4 Å². The minimum Gasteiger partial charge on any atom is -0.444 e. The van der Waals surface area contributed by atoms with Crippen LogP contribution in [0, 0.1) is 0 Å². The van der Waals surface area contributed by atoms with Crippen molar-refractivity contribution in [3.8, 4) is 10.6 Å². The van der Waals surface area contributed by atoms with Crippen LogP contribution in [0.5, 0.6) is 0 Å². The second-order valence-electron chi connectivity index (χ2n) is 7.45. The van der Waals surface area contributed by atoms with Crippen molar-refractivity contribution in [3.63, 3.8) is 0 Å². The van der Waals surface area contributed by atoms with Crippen LogP contribution in [0.1, 0.15) is 40.0 Å². The van der Waals surface area contributed by atoms with Gasteiger partial charge in [-0.2, -0.15) is 0 Å². The molecule has 1 saturated heterocycles. The number of rotatable bonds is 3. The third kappa shape index (κ3) is 5.03. The van der Waals surface area contributed by atoms with E-state index in [1.54, 1.807) is 0 Å². The number of nitrogens with one attached hydrogen (secondary N) is 1. The maximum absolute atomic E-state index is 12.8.